The molecule has 59 heavy (non-hydrogen) atoms. The van der Waals surface area contributed by atoms with Crippen LogP contribution in [0.1, 0.15) is 6.92 Å². The third kappa shape index (κ3) is 9.84. The van der Waals surface area contributed by atoms with Crippen LogP contribution in [-0.2, 0) is 47.4 Å². The fourth-order valence-electron chi connectivity index (χ4n) is 7.45. The zero-order valence-electron chi connectivity index (χ0n) is 31.3. The Hall–Kier alpha value is -1.53. The average Bonchev–Trinajstić information content (AvgIpc) is 3.21. The third-order valence-electron chi connectivity index (χ3n) is 10.8. The molecule has 5 heterocycles. The largest absolute Gasteiger partial charge is 0.394 e. The second kappa shape index (κ2) is 20.3. The molecule has 344 valence electrons. The molecule has 0 aliphatic carbocycles. The summed E-state index contributed by atoms with van der Waals surface area (Å²) in [6.45, 7) is -4.75. The smallest absolute Gasteiger partial charge is 0.221 e. The van der Waals surface area contributed by atoms with Gasteiger partial charge in [0.25, 0.3) is 0 Å². The number of nitrogens with one attached hydrogen (secondary N) is 1. The van der Waals surface area contributed by atoms with Gasteiger partial charge in [0, 0.05) is 6.92 Å². The van der Waals surface area contributed by atoms with Gasteiger partial charge in [-0.15, -0.1) is 0 Å². The molecule has 0 spiro atoms. The van der Waals surface area contributed by atoms with Gasteiger partial charge in [-0.3, -0.25) is 4.79 Å². The topological polar surface area (TPSA) is 436 Å². The molecule has 5 aliphatic rings. The van der Waals surface area contributed by atoms with Crippen molar-refractivity contribution in [2.45, 2.75) is 154 Å². The maximum Gasteiger partial charge on any atom is 0.221 e. The summed E-state index contributed by atoms with van der Waals surface area (Å²) in [7, 11) is 0. The summed E-state index contributed by atoms with van der Waals surface area (Å²) in [4.78, 5) is 12.5. The Morgan fingerprint density at radius 3 is 1.63 bits per heavy atom. The summed E-state index contributed by atoms with van der Waals surface area (Å²) >= 11 is 0. The monoisotopic (exact) mass is 869 g/mol. The van der Waals surface area contributed by atoms with E-state index >= 15 is 0 Å². The molecule has 1 amide bonds. The molecule has 5 fully saturated rings. The molecule has 0 radical (unpaired) electrons. The molecule has 27 nitrogen and oxygen atoms in total. The summed E-state index contributed by atoms with van der Waals surface area (Å²) in [5.41, 5.74) is 0. The first-order valence-corrected chi connectivity index (χ1v) is 18.6. The van der Waals surface area contributed by atoms with E-state index in [2.05, 4.69) is 5.32 Å². The number of carbonyl (C=O) groups excluding carboxylic acids is 1. The van der Waals surface area contributed by atoms with E-state index in [9.17, 15) is 86.5 Å². The highest BCUT2D eigenvalue weighted by molar-refractivity contribution is 5.73. The van der Waals surface area contributed by atoms with Crippen molar-refractivity contribution in [3.8, 4) is 0 Å². The Balaban J connectivity index is 1.44. The van der Waals surface area contributed by atoms with Crippen molar-refractivity contribution in [2.75, 3.05) is 39.6 Å². The molecular weight excluding hydrogens is 814 g/mol. The standard InChI is InChI=1S/C32H55NO26/c1-8(39)33-14-24(57-30-20(46)19(45)16(42)10(2-34)54-30)17(43)11(3-35)53-29(14)58-25-18(44)12(4-36)55-31(22(25)48)56-23-13(5-37)52-28(50)21(47)26(23)59-32(7-38)27(49)15(41)9(40)6-51-32/h9-31,34-38,40-50H,2-7H2,1H3,(H,33,39)/t9-,10-,11-,12-,13-,14-,15-,16+,17-,18+,19+,20-,21-,22-,23-,24-,25+,26-,27+,28?,29+,30+,31+,32-/m1/s1. The van der Waals surface area contributed by atoms with Gasteiger partial charge in [-0.2, -0.15) is 0 Å². The second-order valence-corrected chi connectivity index (χ2v) is 14.8. The highest BCUT2D eigenvalue weighted by atomic mass is 16.8. The minimum atomic E-state index is -2.61. The summed E-state index contributed by atoms with van der Waals surface area (Å²) in [5.74, 6) is -3.43. The number of carbonyl (C=O) groups is 1. The quantitative estimate of drug-likeness (QED) is 0.0770. The normalized spacial score (nSPS) is 51.0. The molecule has 0 aromatic carbocycles. The van der Waals surface area contributed by atoms with Crippen LogP contribution in [0.3, 0.4) is 0 Å². The van der Waals surface area contributed by atoms with Crippen molar-refractivity contribution in [3.05, 3.63) is 0 Å². The van der Waals surface area contributed by atoms with E-state index in [1.54, 1.807) is 0 Å². The van der Waals surface area contributed by atoms with E-state index in [-0.39, 0.29) is 0 Å². The van der Waals surface area contributed by atoms with Crippen molar-refractivity contribution in [1.82, 2.24) is 5.32 Å². The SMILES string of the molecule is CC(=O)N[C@H]1[C@H](O[C@H]2[C@@H](O)[C@@H](CO)O[C@@H](O[C@H]3[C@H](O[C@@]4(CO)OC[C@@H](O)[C@@H](O)[C@@H]4O)[C@@H](O)C(O)O[C@@H]3CO)[C@@H]2O)O[C@H](CO)[C@@H](O)[C@@H]1O[C@@H]1O[C@H](CO)[C@H](O)[C@H](O)[C@H]1O. The Morgan fingerprint density at radius 1 is 0.559 bits per heavy atom. The molecule has 5 aliphatic heterocycles. The number of amides is 1. The highest BCUT2D eigenvalue weighted by Gasteiger charge is 2.59. The van der Waals surface area contributed by atoms with Crippen LogP contribution in [0.2, 0.25) is 0 Å². The van der Waals surface area contributed by atoms with Crippen LogP contribution in [0.15, 0.2) is 0 Å². The van der Waals surface area contributed by atoms with Crippen molar-refractivity contribution in [2.24, 2.45) is 0 Å². The van der Waals surface area contributed by atoms with Gasteiger partial charge in [-0.1, -0.05) is 0 Å². The van der Waals surface area contributed by atoms with Crippen molar-refractivity contribution in [1.29, 1.82) is 0 Å². The van der Waals surface area contributed by atoms with Gasteiger partial charge >= 0.3 is 0 Å². The number of hydrogen-bond acceptors (Lipinski definition) is 26. The van der Waals surface area contributed by atoms with E-state index in [1.165, 1.54) is 0 Å². The zero-order valence-corrected chi connectivity index (χ0v) is 31.3. The van der Waals surface area contributed by atoms with Crippen molar-refractivity contribution >= 4 is 5.91 Å². The van der Waals surface area contributed by atoms with Crippen molar-refractivity contribution in [3.63, 3.8) is 0 Å². The molecule has 0 aromatic heterocycles. The fourth-order valence-corrected chi connectivity index (χ4v) is 7.45. The fraction of sp³-hybridized carbons (Fsp3) is 0.969. The number of aliphatic hydroxyl groups excluding tert-OH is 16. The summed E-state index contributed by atoms with van der Waals surface area (Å²) in [5, 5.41) is 170. The first kappa shape index (κ1) is 48.5. The second-order valence-electron chi connectivity index (χ2n) is 14.8. The first-order chi connectivity index (χ1) is 27.9. The Kier molecular flexibility index (Phi) is 16.7. The molecule has 0 bridgehead atoms. The van der Waals surface area contributed by atoms with Gasteiger partial charge in [0.1, 0.15) is 123 Å². The summed E-state index contributed by atoms with van der Waals surface area (Å²) < 4.78 is 50.6. The van der Waals surface area contributed by atoms with Crippen molar-refractivity contribution < 1.29 is 129 Å². The Labute approximate surface area is 333 Å². The number of rotatable bonds is 14. The van der Waals surface area contributed by atoms with E-state index in [0.717, 1.165) is 6.92 Å². The number of aliphatic hydroxyl groups is 16. The minimum Gasteiger partial charge on any atom is -0.394 e. The average molecular weight is 870 g/mol. The van der Waals surface area contributed by atoms with Crippen LogP contribution in [0.5, 0.6) is 0 Å². The van der Waals surface area contributed by atoms with Crippen LogP contribution in [0.25, 0.3) is 0 Å². The zero-order chi connectivity index (χ0) is 43.7. The van der Waals surface area contributed by atoms with E-state index in [1.807, 2.05) is 0 Å². The van der Waals surface area contributed by atoms with E-state index in [0.29, 0.717) is 0 Å². The number of ether oxygens (including phenoxy) is 9. The highest BCUT2D eigenvalue weighted by Crippen LogP contribution is 2.37. The van der Waals surface area contributed by atoms with Crippen LogP contribution in [0.4, 0.5) is 0 Å². The van der Waals surface area contributed by atoms with Crippen LogP contribution in [-0.4, -0.2) is 274 Å². The lowest BCUT2D eigenvalue weighted by atomic mass is 9.93. The molecule has 0 saturated carbocycles. The lowest BCUT2D eigenvalue weighted by molar-refractivity contribution is -0.412. The molecule has 5 rings (SSSR count). The van der Waals surface area contributed by atoms with Gasteiger partial charge in [0.15, 0.2) is 25.2 Å². The van der Waals surface area contributed by atoms with Crippen LogP contribution < -0.4 is 5.32 Å². The third-order valence-corrected chi connectivity index (χ3v) is 10.8. The first-order valence-electron chi connectivity index (χ1n) is 18.6. The van der Waals surface area contributed by atoms with Gasteiger partial charge < -0.3 is 130 Å². The van der Waals surface area contributed by atoms with Gasteiger partial charge in [0.05, 0.1) is 33.0 Å². The molecule has 24 atom stereocenters. The van der Waals surface area contributed by atoms with E-state index < -0.39 is 192 Å². The predicted molar refractivity (Wildman–Crippen MR) is 178 cm³/mol. The van der Waals surface area contributed by atoms with Crippen LogP contribution >= 0.6 is 0 Å². The van der Waals surface area contributed by atoms with Crippen LogP contribution in [0, 0.1) is 0 Å². The van der Waals surface area contributed by atoms with Gasteiger partial charge in [-0.05, 0) is 0 Å². The molecule has 27 heteroatoms. The lowest BCUT2D eigenvalue weighted by Gasteiger charge is -2.51. The van der Waals surface area contributed by atoms with Gasteiger partial charge in [0.2, 0.25) is 11.7 Å². The molecule has 5 saturated heterocycles. The predicted octanol–water partition coefficient (Wildman–Crippen LogP) is -11.8. The van der Waals surface area contributed by atoms with Gasteiger partial charge in [-0.25, -0.2) is 0 Å². The summed E-state index contributed by atoms with van der Waals surface area (Å²) in [6.07, 6.45) is -42.0. The minimum absolute atomic E-state index is 0.708. The maximum atomic E-state index is 12.5. The molecule has 1 unspecified atom stereocenters. The molecular formula is C32H55NO26. The lowest BCUT2D eigenvalue weighted by Crippen LogP contribution is -2.71. The van der Waals surface area contributed by atoms with E-state index in [4.69, 9.17) is 42.6 Å². The summed E-state index contributed by atoms with van der Waals surface area (Å²) in [6, 6.07) is -1.70. The Bertz CT molecular complexity index is 1340. The molecule has 17 N–H and O–H groups in total. The number of hydrogen-bond donors (Lipinski definition) is 17. The molecule has 0 aromatic rings. The Morgan fingerprint density at radius 2 is 1.07 bits per heavy atom. The maximum absolute atomic E-state index is 12.5.